The van der Waals surface area contributed by atoms with E-state index in [-0.39, 0.29) is 5.41 Å². The highest BCUT2D eigenvalue weighted by Gasteiger charge is 2.59. The van der Waals surface area contributed by atoms with Crippen molar-refractivity contribution in [1.82, 2.24) is 0 Å². The predicted octanol–water partition coefficient (Wildman–Crippen LogP) is 3.53. The van der Waals surface area contributed by atoms with Crippen LogP contribution in [-0.4, -0.2) is 10.7 Å². The molecule has 2 fully saturated rings. The molecule has 2 aliphatic rings. The Hall–Kier alpha value is -0.300. The fraction of sp³-hybridized carbons (Fsp3) is 0.857. The lowest BCUT2D eigenvalue weighted by Gasteiger charge is -2.60. The smallest absolute Gasteiger partial charge is 0.0802 e. The van der Waals surface area contributed by atoms with Gasteiger partial charge in [-0.25, -0.2) is 0 Å². The molecule has 2 aliphatic carbocycles. The van der Waals surface area contributed by atoms with E-state index in [2.05, 4.69) is 27.4 Å². The molecule has 15 heavy (non-hydrogen) atoms. The zero-order chi connectivity index (χ0) is 11.3. The lowest BCUT2D eigenvalue weighted by molar-refractivity contribution is -0.163. The fourth-order valence-electron chi connectivity index (χ4n) is 3.59. The van der Waals surface area contributed by atoms with Gasteiger partial charge in [-0.2, -0.15) is 0 Å². The summed E-state index contributed by atoms with van der Waals surface area (Å²) in [5, 5.41) is 10.8. The van der Waals surface area contributed by atoms with E-state index >= 15 is 0 Å². The molecule has 86 valence electrons. The van der Waals surface area contributed by atoms with Crippen molar-refractivity contribution in [2.24, 2.45) is 17.3 Å². The van der Waals surface area contributed by atoms with Gasteiger partial charge in [-0.05, 0) is 24.7 Å². The Labute approximate surface area is 93.6 Å². The second-order valence-corrected chi connectivity index (χ2v) is 6.20. The first-order chi connectivity index (χ1) is 6.89. The molecule has 0 aromatic heterocycles. The van der Waals surface area contributed by atoms with Crippen LogP contribution in [0.1, 0.15) is 52.9 Å². The molecule has 0 aromatic rings. The summed E-state index contributed by atoms with van der Waals surface area (Å²) in [6.07, 6.45) is 5.95. The van der Waals surface area contributed by atoms with Gasteiger partial charge in [-0.1, -0.05) is 52.2 Å². The highest BCUT2D eigenvalue weighted by molar-refractivity contribution is 5.30. The molecule has 1 N–H and O–H groups in total. The van der Waals surface area contributed by atoms with Crippen molar-refractivity contribution in [2.75, 3.05) is 0 Å². The van der Waals surface area contributed by atoms with E-state index in [0.29, 0.717) is 11.8 Å². The number of rotatable bonds is 1. The van der Waals surface area contributed by atoms with Crippen LogP contribution in [0.25, 0.3) is 0 Å². The van der Waals surface area contributed by atoms with Crippen LogP contribution in [-0.2, 0) is 0 Å². The summed E-state index contributed by atoms with van der Waals surface area (Å²) >= 11 is 0. The van der Waals surface area contributed by atoms with E-state index in [1.807, 2.05) is 0 Å². The third kappa shape index (κ3) is 1.39. The monoisotopic (exact) mass is 208 g/mol. The zero-order valence-corrected chi connectivity index (χ0v) is 10.3. The van der Waals surface area contributed by atoms with Gasteiger partial charge in [0.15, 0.2) is 0 Å². The van der Waals surface area contributed by atoms with Crippen molar-refractivity contribution in [3.8, 4) is 0 Å². The average molecular weight is 208 g/mol. The van der Waals surface area contributed by atoms with Gasteiger partial charge >= 0.3 is 0 Å². The van der Waals surface area contributed by atoms with Crippen LogP contribution in [0, 0.1) is 17.3 Å². The minimum Gasteiger partial charge on any atom is -0.388 e. The van der Waals surface area contributed by atoms with Gasteiger partial charge in [0.25, 0.3) is 0 Å². The van der Waals surface area contributed by atoms with E-state index < -0.39 is 5.60 Å². The summed E-state index contributed by atoms with van der Waals surface area (Å²) in [7, 11) is 0. The third-order valence-electron chi connectivity index (χ3n) is 5.17. The third-order valence-corrected chi connectivity index (χ3v) is 5.17. The molecule has 1 nitrogen and oxygen atoms in total. The molecule has 0 radical (unpaired) electrons. The van der Waals surface area contributed by atoms with Crippen LogP contribution >= 0.6 is 0 Å². The van der Waals surface area contributed by atoms with E-state index in [4.69, 9.17) is 0 Å². The summed E-state index contributed by atoms with van der Waals surface area (Å²) in [6, 6.07) is 0. The minimum absolute atomic E-state index is 0.0662. The Balaban J connectivity index is 2.19. The van der Waals surface area contributed by atoms with Gasteiger partial charge in [0.2, 0.25) is 0 Å². The second-order valence-electron chi connectivity index (χ2n) is 6.20. The number of aliphatic hydroxyl groups is 1. The Morgan fingerprint density at radius 1 is 1.27 bits per heavy atom. The van der Waals surface area contributed by atoms with Gasteiger partial charge in [-0.3, -0.25) is 0 Å². The maximum Gasteiger partial charge on any atom is 0.0802 e. The summed E-state index contributed by atoms with van der Waals surface area (Å²) in [5.74, 6) is 1.17. The Morgan fingerprint density at radius 2 is 1.87 bits per heavy atom. The molecular formula is C14H24O. The molecule has 1 unspecified atom stereocenters. The van der Waals surface area contributed by atoms with E-state index in [0.717, 1.165) is 6.42 Å². The van der Waals surface area contributed by atoms with Gasteiger partial charge in [0.05, 0.1) is 5.60 Å². The average Bonchev–Trinajstić information content (AvgIpc) is 2.18. The minimum atomic E-state index is -0.468. The highest BCUT2D eigenvalue weighted by Crippen LogP contribution is 2.60. The number of hydrogen-bond donors (Lipinski definition) is 1. The van der Waals surface area contributed by atoms with Crippen LogP contribution in [0.2, 0.25) is 0 Å². The Morgan fingerprint density at radius 3 is 2.33 bits per heavy atom. The fourth-order valence-corrected chi connectivity index (χ4v) is 3.59. The van der Waals surface area contributed by atoms with Gasteiger partial charge in [0, 0.05) is 5.41 Å². The van der Waals surface area contributed by atoms with Crippen molar-refractivity contribution in [3.63, 3.8) is 0 Å². The second kappa shape index (κ2) is 3.35. The summed E-state index contributed by atoms with van der Waals surface area (Å²) < 4.78 is 0. The molecule has 2 rings (SSSR count). The Kier molecular flexibility index (Phi) is 2.50. The molecule has 0 heterocycles. The molecule has 0 saturated heterocycles. The normalized spacial score (nSPS) is 44.9. The van der Waals surface area contributed by atoms with Crippen molar-refractivity contribution in [2.45, 2.75) is 58.5 Å². The zero-order valence-electron chi connectivity index (χ0n) is 10.3. The first-order valence-corrected chi connectivity index (χ1v) is 6.30. The standard InChI is InChI=1S/C14H24O/c1-10-7-5-6-8-12(10)14(15)9-11(2)13(14,3)4/h10,12,15H,2,5-9H2,1,3-4H3/t10-,12-,14?/m0/s1. The summed E-state index contributed by atoms with van der Waals surface area (Å²) in [6.45, 7) is 10.7. The molecule has 3 atom stereocenters. The molecule has 1 heteroatoms. The topological polar surface area (TPSA) is 20.2 Å². The van der Waals surface area contributed by atoms with Gasteiger partial charge < -0.3 is 5.11 Å². The first kappa shape index (κ1) is 11.2. The van der Waals surface area contributed by atoms with Crippen molar-refractivity contribution in [3.05, 3.63) is 12.2 Å². The summed E-state index contributed by atoms with van der Waals surface area (Å²) in [4.78, 5) is 0. The maximum absolute atomic E-state index is 10.8. The molecule has 0 bridgehead atoms. The first-order valence-electron chi connectivity index (χ1n) is 6.30. The van der Waals surface area contributed by atoms with Crippen LogP contribution < -0.4 is 0 Å². The van der Waals surface area contributed by atoms with E-state index in [9.17, 15) is 5.11 Å². The SMILES string of the molecule is C=C1CC(O)([C@H]2CCCC[C@@H]2C)C1(C)C. The number of hydrogen-bond acceptors (Lipinski definition) is 1. The van der Waals surface area contributed by atoms with Crippen molar-refractivity contribution in [1.29, 1.82) is 0 Å². The molecule has 0 aliphatic heterocycles. The lowest BCUT2D eigenvalue weighted by Crippen LogP contribution is -2.61. The molecule has 0 aromatic carbocycles. The molecular weight excluding hydrogens is 184 g/mol. The van der Waals surface area contributed by atoms with E-state index in [1.165, 1.54) is 31.3 Å². The quantitative estimate of drug-likeness (QED) is 0.654. The van der Waals surface area contributed by atoms with Gasteiger partial charge in [-0.15, -0.1) is 0 Å². The predicted molar refractivity (Wildman–Crippen MR) is 63.6 cm³/mol. The van der Waals surface area contributed by atoms with Crippen molar-refractivity contribution < 1.29 is 5.11 Å². The van der Waals surface area contributed by atoms with Crippen molar-refractivity contribution >= 4 is 0 Å². The lowest BCUT2D eigenvalue weighted by atomic mass is 9.48. The van der Waals surface area contributed by atoms with Crippen LogP contribution in [0.4, 0.5) is 0 Å². The maximum atomic E-state index is 10.8. The Bertz CT molecular complexity index is 279. The van der Waals surface area contributed by atoms with Crippen LogP contribution in [0.3, 0.4) is 0 Å². The highest BCUT2D eigenvalue weighted by atomic mass is 16.3. The van der Waals surface area contributed by atoms with Gasteiger partial charge in [0.1, 0.15) is 0 Å². The molecule has 0 amide bonds. The summed E-state index contributed by atoms with van der Waals surface area (Å²) in [5.41, 5.74) is 0.690. The van der Waals surface area contributed by atoms with Crippen LogP contribution in [0.15, 0.2) is 12.2 Å². The van der Waals surface area contributed by atoms with Crippen LogP contribution in [0.5, 0.6) is 0 Å². The molecule has 0 spiro atoms. The molecule has 2 saturated carbocycles. The van der Waals surface area contributed by atoms with E-state index in [1.54, 1.807) is 0 Å². The largest absolute Gasteiger partial charge is 0.388 e.